The van der Waals surface area contributed by atoms with Gasteiger partial charge in [0.2, 0.25) is 5.91 Å². The first-order valence-electron chi connectivity index (χ1n) is 8.82. The van der Waals surface area contributed by atoms with Gasteiger partial charge in [-0.1, -0.05) is 36.4 Å². The molecule has 0 saturated carbocycles. The van der Waals surface area contributed by atoms with Gasteiger partial charge in [0.25, 0.3) is 0 Å². The summed E-state index contributed by atoms with van der Waals surface area (Å²) in [6.07, 6.45) is 3.29. The maximum atomic E-state index is 12.3. The lowest BCUT2D eigenvalue weighted by atomic mass is 9.89. The van der Waals surface area contributed by atoms with Gasteiger partial charge in [0.05, 0.1) is 6.42 Å². The van der Waals surface area contributed by atoms with Crippen LogP contribution in [0.5, 0.6) is 5.75 Å². The summed E-state index contributed by atoms with van der Waals surface area (Å²) in [7, 11) is 0. The molecule has 1 aliphatic heterocycles. The number of aromatic amines is 1. The van der Waals surface area contributed by atoms with Crippen LogP contribution in [-0.2, 0) is 16.0 Å². The molecular formula is C21H20N2O3. The maximum absolute atomic E-state index is 12.3. The highest BCUT2D eigenvalue weighted by molar-refractivity contribution is 5.83. The first-order chi connectivity index (χ1) is 12.7. The molecule has 3 aromatic rings. The molecule has 0 fully saturated rings. The molecule has 0 unspecified atom stereocenters. The lowest BCUT2D eigenvalue weighted by Crippen LogP contribution is -2.29. The quantitative estimate of drug-likeness (QED) is 0.549. The molecule has 2 aromatic carbocycles. The largest absolute Gasteiger partial charge is 0.426 e. The number of aromatic nitrogens is 1. The first-order valence-corrected chi connectivity index (χ1v) is 8.82. The van der Waals surface area contributed by atoms with Crippen molar-refractivity contribution in [1.82, 2.24) is 10.3 Å². The van der Waals surface area contributed by atoms with Crippen molar-refractivity contribution in [3.8, 4) is 5.75 Å². The zero-order valence-corrected chi connectivity index (χ0v) is 14.3. The number of amides is 1. The Bertz CT molecular complexity index is 961. The number of carbonyl (C=O) groups is 2. The number of para-hydroxylation sites is 2. The van der Waals surface area contributed by atoms with Crippen LogP contribution in [0, 0.1) is 0 Å². The van der Waals surface area contributed by atoms with E-state index in [9.17, 15) is 9.59 Å². The van der Waals surface area contributed by atoms with Gasteiger partial charge >= 0.3 is 5.97 Å². The Morgan fingerprint density at radius 2 is 1.96 bits per heavy atom. The molecule has 2 heterocycles. The van der Waals surface area contributed by atoms with E-state index in [1.54, 1.807) is 6.07 Å². The number of hydrogen-bond donors (Lipinski definition) is 2. The minimum atomic E-state index is -0.278. The number of benzene rings is 2. The Hall–Kier alpha value is -3.08. The number of carbonyl (C=O) groups excluding carboxylic acids is 2. The summed E-state index contributed by atoms with van der Waals surface area (Å²) in [5, 5.41) is 4.16. The van der Waals surface area contributed by atoms with Crippen LogP contribution in [-0.4, -0.2) is 23.4 Å². The van der Waals surface area contributed by atoms with E-state index in [0.29, 0.717) is 18.7 Å². The molecule has 1 aromatic heterocycles. The topological polar surface area (TPSA) is 71.2 Å². The Morgan fingerprint density at radius 3 is 2.88 bits per heavy atom. The first kappa shape index (κ1) is 16.4. The number of nitrogens with one attached hydrogen (secondary N) is 2. The van der Waals surface area contributed by atoms with Crippen molar-refractivity contribution in [2.24, 2.45) is 0 Å². The molecule has 0 aliphatic carbocycles. The summed E-state index contributed by atoms with van der Waals surface area (Å²) in [5.74, 6) is 0.125. The van der Waals surface area contributed by atoms with Crippen LogP contribution in [0.3, 0.4) is 0 Å². The third-order valence-electron chi connectivity index (χ3n) is 4.82. The Balaban J connectivity index is 1.35. The summed E-state index contributed by atoms with van der Waals surface area (Å²) >= 11 is 0. The van der Waals surface area contributed by atoms with E-state index < -0.39 is 0 Å². The fourth-order valence-corrected chi connectivity index (χ4v) is 3.54. The predicted octanol–water partition coefficient (Wildman–Crippen LogP) is 3.31. The van der Waals surface area contributed by atoms with Crippen LogP contribution in [0.25, 0.3) is 10.9 Å². The number of rotatable bonds is 5. The molecule has 0 spiro atoms. The second-order valence-corrected chi connectivity index (χ2v) is 6.58. The van der Waals surface area contributed by atoms with Crippen molar-refractivity contribution >= 4 is 22.8 Å². The van der Waals surface area contributed by atoms with Gasteiger partial charge in [-0.15, -0.1) is 0 Å². The molecule has 26 heavy (non-hydrogen) atoms. The highest BCUT2D eigenvalue weighted by atomic mass is 16.5. The average Bonchev–Trinajstić information content (AvgIpc) is 3.05. The Labute approximate surface area is 151 Å². The zero-order chi connectivity index (χ0) is 17.9. The van der Waals surface area contributed by atoms with Gasteiger partial charge in [-0.25, -0.2) is 0 Å². The molecule has 0 saturated heterocycles. The lowest BCUT2D eigenvalue weighted by molar-refractivity contribution is -0.136. The number of hydrogen-bond acceptors (Lipinski definition) is 3. The molecule has 2 N–H and O–H groups in total. The van der Waals surface area contributed by atoms with Gasteiger partial charge in [-0.05, 0) is 29.7 Å². The standard InChI is InChI=1S/C21H20N2O3/c24-20(11-15-12-21(25)26-19-8-4-2-6-17(15)19)22-10-9-14-13-23-18-7-3-1-5-16(14)18/h1-8,13,15,23H,9-12H2,(H,22,24)/t15-/m0/s1. The number of ether oxygens (including phenoxy) is 1. The predicted molar refractivity (Wildman–Crippen MR) is 99.1 cm³/mol. The summed E-state index contributed by atoms with van der Waals surface area (Å²) < 4.78 is 5.24. The molecule has 5 heteroatoms. The van der Waals surface area contributed by atoms with Crippen LogP contribution < -0.4 is 10.1 Å². The zero-order valence-electron chi connectivity index (χ0n) is 14.3. The molecule has 0 radical (unpaired) electrons. The molecule has 1 atom stereocenters. The van der Waals surface area contributed by atoms with Gasteiger partial charge in [0.1, 0.15) is 5.75 Å². The van der Waals surface area contributed by atoms with E-state index in [-0.39, 0.29) is 24.2 Å². The Morgan fingerprint density at radius 1 is 1.15 bits per heavy atom. The molecule has 1 aliphatic rings. The van der Waals surface area contributed by atoms with E-state index >= 15 is 0 Å². The average molecular weight is 348 g/mol. The van der Waals surface area contributed by atoms with Crippen molar-refractivity contribution in [1.29, 1.82) is 0 Å². The van der Waals surface area contributed by atoms with Gasteiger partial charge in [-0.2, -0.15) is 0 Å². The van der Waals surface area contributed by atoms with Crippen LogP contribution in [0.2, 0.25) is 0 Å². The van der Waals surface area contributed by atoms with Crippen LogP contribution in [0.4, 0.5) is 0 Å². The minimum Gasteiger partial charge on any atom is -0.426 e. The molecule has 1 amide bonds. The number of fused-ring (bicyclic) bond motifs is 2. The van der Waals surface area contributed by atoms with Crippen molar-refractivity contribution in [2.75, 3.05) is 6.54 Å². The van der Waals surface area contributed by atoms with E-state index in [4.69, 9.17) is 4.74 Å². The monoisotopic (exact) mass is 348 g/mol. The third-order valence-corrected chi connectivity index (χ3v) is 4.82. The minimum absolute atomic E-state index is 0.0423. The van der Waals surface area contributed by atoms with Gasteiger partial charge in [0, 0.05) is 36.0 Å². The fraction of sp³-hybridized carbons (Fsp3) is 0.238. The molecule has 132 valence electrons. The normalized spacial score (nSPS) is 16.2. The molecule has 0 bridgehead atoms. The lowest BCUT2D eigenvalue weighted by Gasteiger charge is -2.23. The highest BCUT2D eigenvalue weighted by Crippen LogP contribution is 2.35. The van der Waals surface area contributed by atoms with Crippen LogP contribution in [0.15, 0.2) is 54.7 Å². The number of esters is 1. The summed E-state index contributed by atoms with van der Waals surface area (Å²) in [4.78, 5) is 27.3. The molecular weight excluding hydrogens is 328 g/mol. The van der Waals surface area contributed by atoms with Gasteiger partial charge < -0.3 is 15.0 Å². The van der Waals surface area contributed by atoms with Crippen LogP contribution >= 0.6 is 0 Å². The van der Waals surface area contributed by atoms with Crippen molar-refractivity contribution in [2.45, 2.75) is 25.2 Å². The fourth-order valence-electron chi connectivity index (χ4n) is 3.54. The highest BCUT2D eigenvalue weighted by Gasteiger charge is 2.28. The van der Waals surface area contributed by atoms with Gasteiger partial charge in [-0.3, -0.25) is 9.59 Å². The van der Waals surface area contributed by atoms with Crippen molar-refractivity contribution in [3.63, 3.8) is 0 Å². The van der Waals surface area contributed by atoms with E-state index in [0.717, 1.165) is 17.5 Å². The third kappa shape index (κ3) is 3.33. The molecule has 5 nitrogen and oxygen atoms in total. The smallest absolute Gasteiger partial charge is 0.311 e. The SMILES string of the molecule is O=C(C[C@H]1CC(=O)Oc2ccccc21)NCCc1c[nH]c2ccccc12. The maximum Gasteiger partial charge on any atom is 0.311 e. The van der Waals surface area contributed by atoms with Crippen molar-refractivity contribution < 1.29 is 14.3 Å². The Kier molecular flexibility index (Phi) is 4.44. The number of H-pyrrole nitrogens is 1. The van der Waals surface area contributed by atoms with E-state index in [1.807, 2.05) is 42.6 Å². The second kappa shape index (κ2) is 7.04. The summed E-state index contributed by atoms with van der Waals surface area (Å²) in [6, 6.07) is 15.6. The van der Waals surface area contributed by atoms with Gasteiger partial charge in [0.15, 0.2) is 0 Å². The van der Waals surface area contributed by atoms with E-state index in [1.165, 1.54) is 10.9 Å². The van der Waals surface area contributed by atoms with Crippen molar-refractivity contribution in [3.05, 3.63) is 65.9 Å². The molecule has 4 rings (SSSR count). The second-order valence-electron chi connectivity index (χ2n) is 6.58. The van der Waals surface area contributed by atoms with E-state index in [2.05, 4.69) is 16.4 Å². The van der Waals surface area contributed by atoms with Crippen LogP contribution in [0.1, 0.15) is 29.9 Å². The summed E-state index contributed by atoms with van der Waals surface area (Å²) in [6.45, 7) is 0.569. The summed E-state index contributed by atoms with van der Waals surface area (Å²) in [5.41, 5.74) is 3.22.